The van der Waals surface area contributed by atoms with E-state index in [1.165, 1.54) is 25.9 Å². The molecule has 0 saturated carbocycles. The van der Waals surface area contributed by atoms with Crippen LogP contribution in [0.15, 0.2) is 138 Å². The van der Waals surface area contributed by atoms with Crippen LogP contribution < -0.4 is 4.90 Å². The average Bonchev–Trinajstić information content (AvgIpc) is 3.56. The maximum Gasteiger partial charge on any atom is 0.137 e. The van der Waals surface area contributed by atoms with E-state index in [2.05, 4.69) is 114 Å². The van der Waals surface area contributed by atoms with Gasteiger partial charge in [-0.3, -0.25) is 0 Å². The molecule has 0 aliphatic heterocycles. The molecule has 0 unspecified atom stereocenters. The van der Waals surface area contributed by atoms with Crippen molar-refractivity contribution in [2.24, 2.45) is 0 Å². The molecule has 0 aliphatic carbocycles. The first-order valence-corrected chi connectivity index (χ1v) is 14.4. The van der Waals surface area contributed by atoms with Crippen molar-refractivity contribution in [3.05, 3.63) is 138 Å². The van der Waals surface area contributed by atoms with Crippen molar-refractivity contribution < 1.29 is 4.42 Å². The summed E-state index contributed by atoms with van der Waals surface area (Å²) in [5, 5.41) is 5.34. The van der Waals surface area contributed by atoms with E-state index in [9.17, 15) is 0 Å². The van der Waals surface area contributed by atoms with Gasteiger partial charge in [-0.05, 0) is 65.7 Å². The standard InChI is InChI=1S/C36H22ClNOS/c37-31-13-7-15-34-36(31)30-19-17-27(22-35(30)40-34)38(25-11-6-10-24(20-25)23-8-2-1-3-9-23)26-16-18-29-28-12-4-5-14-32(28)39-33(29)21-26/h1-22H. The third kappa shape index (κ3) is 3.78. The maximum absolute atomic E-state index is 6.62. The number of para-hydroxylation sites is 1. The van der Waals surface area contributed by atoms with Crippen molar-refractivity contribution >= 4 is 82.1 Å². The molecule has 0 spiro atoms. The van der Waals surface area contributed by atoms with Crippen LogP contribution in [0.2, 0.25) is 5.02 Å². The first kappa shape index (κ1) is 23.3. The number of rotatable bonds is 4. The Hall–Kier alpha value is -4.57. The van der Waals surface area contributed by atoms with Gasteiger partial charge >= 0.3 is 0 Å². The second-order valence-electron chi connectivity index (χ2n) is 9.93. The molecule has 8 rings (SSSR count). The fraction of sp³-hybridized carbons (Fsp3) is 0. The zero-order valence-electron chi connectivity index (χ0n) is 21.3. The fourth-order valence-corrected chi connectivity index (χ4v) is 7.16. The van der Waals surface area contributed by atoms with Crippen LogP contribution in [-0.2, 0) is 0 Å². The minimum atomic E-state index is 0.791. The van der Waals surface area contributed by atoms with Crippen LogP contribution in [0.3, 0.4) is 0 Å². The molecule has 8 aromatic rings. The maximum atomic E-state index is 6.62. The second-order valence-corrected chi connectivity index (χ2v) is 11.4. The Morgan fingerprint density at radius 1 is 0.500 bits per heavy atom. The summed E-state index contributed by atoms with van der Waals surface area (Å²) >= 11 is 8.40. The quantitative estimate of drug-likeness (QED) is 0.216. The summed E-state index contributed by atoms with van der Waals surface area (Å²) < 4.78 is 8.69. The molecular weight excluding hydrogens is 530 g/mol. The van der Waals surface area contributed by atoms with Crippen molar-refractivity contribution in [3.63, 3.8) is 0 Å². The first-order chi connectivity index (χ1) is 19.7. The highest BCUT2D eigenvalue weighted by Gasteiger charge is 2.18. The summed E-state index contributed by atoms with van der Waals surface area (Å²) in [5.41, 5.74) is 7.32. The van der Waals surface area contributed by atoms with Crippen molar-refractivity contribution in [3.8, 4) is 11.1 Å². The summed E-state index contributed by atoms with van der Waals surface area (Å²) in [6.45, 7) is 0. The monoisotopic (exact) mass is 551 g/mol. The Morgan fingerprint density at radius 3 is 2.10 bits per heavy atom. The van der Waals surface area contributed by atoms with Crippen LogP contribution >= 0.6 is 22.9 Å². The predicted octanol–water partition coefficient (Wildman–Crippen LogP) is 11.7. The summed E-state index contributed by atoms with van der Waals surface area (Å²) in [5.74, 6) is 0. The molecule has 2 nitrogen and oxygen atoms in total. The Balaban J connectivity index is 1.35. The third-order valence-electron chi connectivity index (χ3n) is 7.52. The number of hydrogen-bond donors (Lipinski definition) is 0. The van der Waals surface area contributed by atoms with Crippen LogP contribution in [0.4, 0.5) is 17.1 Å². The van der Waals surface area contributed by atoms with Crippen LogP contribution in [0, 0.1) is 0 Å². The molecule has 2 aromatic heterocycles. The molecule has 0 saturated heterocycles. The van der Waals surface area contributed by atoms with Gasteiger partial charge in [0.1, 0.15) is 11.2 Å². The van der Waals surface area contributed by atoms with Gasteiger partial charge in [-0.2, -0.15) is 0 Å². The fourth-order valence-electron chi connectivity index (χ4n) is 5.67. The lowest BCUT2D eigenvalue weighted by Crippen LogP contribution is -2.09. The summed E-state index contributed by atoms with van der Waals surface area (Å²) in [7, 11) is 0. The highest BCUT2D eigenvalue weighted by atomic mass is 35.5. The van der Waals surface area contributed by atoms with Gasteiger partial charge in [-0.25, -0.2) is 0 Å². The zero-order valence-corrected chi connectivity index (χ0v) is 22.9. The van der Waals surface area contributed by atoms with Crippen molar-refractivity contribution in [2.75, 3.05) is 4.90 Å². The van der Waals surface area contributed by atoms with E-state index in [0.29, 0.717) is 0 Å². The highest BCUT2D eigenvalue weighted by molar-refractivity contribution is 7.26. The summed E-state index contributed by atoms with van der Waals surface area (Å²) in [6, 6.07) is 46.7. The van der Waals surface area contributed by atoms with Crippen LogP contribution in [0.25, 0.3) is 53.2 Å². The van der Waals surface area contributed by atoms with Gasteiger partial charge < -0.3 is 9.32 Å². The lowest BCUT2D eigenvalue weighted by Gasteiger charge is -2.26. The molecule has 0 fully saturated rings. The molecule has 0 N–H and O–H groups in total. The predicted molar refractivity (Wildman–Crippen MR) is 172 cm³/mol. The number of nitrogens with zero attached hydrogens (tertiary/aromatic N) is 1. The largest absolute Gasteiger partial charge is 0.456 e. The highest BCUT2D eigenvalue weighted by Crippen LogP contribution is 2.44. The minimum Gasteiger partial charge on any atom is -0.456 e. The average molecular weight is 552 g/mol. The molecule has 0 atom stereocenters. The Morgan fingerprint density at radius 2 is 1.20 bits per heavy atom. The second kappa shape index (κ2) is 9.27. The van der Waals surface area contributed by atoms with E-state index in [1.54, 1.807) is 11.3 Å². The van der Waals surface area contributed by atoms with E-state index in [4.69, 9.17) is 16.0 Å². The molecule has 6 aromatic carbocycles. The molecule has 40 heavy (non-hydrogen) atoms. The van der Waals surface area contributed by atoms with Crippen molar-refractivity contribution in [1.82, 2.24) is 0 Å². The van der Waals surface area contributed by atoms with Gasteiger partial charge in [0.2, 0.25) is 0 Å². The van der Waals surface area contributed by atoms with E-state index in [-0.39, 0.29) is 0 Å². The smallest absolute Gasteiger partial charge is 0.137 e. The number of benzene rings is 6. The number of hydrogen-bond acceptors (Lipinski definition) is 3. The number of furan rings is 1. The van der Waals surface area contributed by atoms with Crippen LogP contribution in [-0.4, -0.2) is 0 Å². The van der Waals surface area contributed by atoms with E-state index in [1.807, 2.05) is 24.3 Å². The molecule has 190 valence electrons. The van der Waals surface area contributed by atoms with Crippen LogP contribution in [0.1, 0.15) is 0 Å². The molecular formula is C36H22ClNOS. The Bertz CT molecular complexity index is 2190. The molecule has 0 amide bonds. The number of halogens is 1. The summed E-state index contributed by atoms with van der Waals surface area (Å²) in [6.07, 6.45) is 0. The van der Waals surface area contributed by atoms with Crippen molar-refractivity contribution in [2.45, 2.75) is 0 Å². The topological polar surface area (TPSA) is 16.4 Å². The lowest BCUT2D eigenvalue weighted by atomic mass is 10.0. The van der Waals surface area contributed by atoms with Gasteiger partial charge in [0.25, 0.3) is 0 Å². The SMILES string of the molecule is Clc1cccc2sc3cc(N(c4cccc(-c5ccccc5)c4)c4ccc5c(c4)oc4ccccc45)ccc3c12. The van der Waals surface area contributed by atoms with E-state index in [0.717, 1.165) is 49.4 Å². The Kier molecular flexibility index (Phi) is 5.41. The first-order valence-electron chi connectivity index (χ1n) is 13.2. The number of thiophene rings is 1. The summed E-state index contributed by atoms with van der Waals surface area (Å²) in [4.78, 5) is 2.31. The molecule has 4 heteroatoms. The third-order valence-corrected chi connectivity index (χ3v) is 8.95. The van der Waals surface area contributed by atoms with Gasteiger partial charge in [0.05, 0.1) is 0 Å². The molecule has 2 heterocycles. The van der Waals surface area contributed by atoms with Crippen molar-refractivity contribution in [1.29, 1.82) is 0 Å². The van der Waals surface area contributed by atoms with Gasteiger partial charge in [0, 0.05) is 59.1 Å². The van der Waals surface area contributed by atoms with E-state index >= 15 is 0 Å². The van der Waals surface area contributed by atoms with Gasteiger partial charge in [-0.15, -0.1) is 11.3 Å². The number of fused-ring (bicyclic) bond motifs is 6. The van der Waals surface area contributed by atoms with E-state index < -0.39 is 0 Å². The molecule has 0 radical (unpaired) electrons. The number of anilines is 3. The minimum absolute atomic E-state index is 0.791. The lowest BCUT2D eigenvalue weighted by molar-refractivity contribution is 0.669. The zero-order chi connectivity index (χ0) is 26.6. The molecule has 0 aliphatic rings. The Labute approximate surface area is 240 Å². The van der Waals surface area contributed by atoms with Gasteiger partial charge in [-0.1, -0.05) is 84.4 Å². The van der Waals surface area contributed by atoms with Crippen LogP contribution in [0.5, 0.6) is 0 Å². The molecule has 0 bridgehead atoms. The normalized spacial score (nSPS) is 11.6. The van der Waals surface area contributed by atoms with Gasteiger partial charge in [0.15, 0.2) is 0 Å².